The molecule has 0 radical (unpaired) electrons. The zero-order valence-corrected chi connectivity index (χ0v) is 8.93. The molecule has 1 unspecified atom stereocenters. The third-order valence-electron chi connectivity index (χ3n) is 2.43. The molecule has 0 amide bonds. The van der Waals surface area contributed by atoms with Crippen LogP contribution < -0.4 is 5.73 Å². The van der Waals surface area contributed by atoms with Crippen LogP contribution in [0.15, 0.2) is 16.7 Å². The lowest BCUT2D eigenvalue weighted by molar-refractivity contribution is -0.142. The molecule has 0 bridgehead atoms. The number of likely N-dealkylation sites (N-methyl/N-ethyl adjacent to an activating group) is 1. The summed E-state index contributed by atoms with van der Waals surface area (Å²) < 4.78 is 5.13. The van der Waals surface area contributed by atoms with Crippen molar-refractivity contribution in [3.05, 3.63) is 23.7 Å². The number of carbonyl (C=O) groups is 1. The van der Waals surface area contributed by atoms with Crippen LogP contribution in [0.2, 0.25) is 0 Å². The van der Waals surface area contributed by atoms with E-state index in [4.69, 9.17) is 15.3 Å². The van der Waals surface area contributed by atoms with Crippen LogP contribution in [0.4, 0.5) is 0 Å². The van der Waals surface area contributed by atoms with Crippen LogP contribution in [0.1, 0.15) is 11.3 Å². The number of aryl methyl sites for hydroxylation is 1. The summed E-state index contributed by atoms with van der Waals surface area (Å²) in [7, 11) is 1.73. The Morgan fingerprint density at radius 1 is 1.73 bits per heavy atom. The smallest absolute Gasteiger partial charge is 0.322 e. The molecule has 0 aliphatic carbocycles. The van der Waals surface area contributed by atoms with Crippen molar-refractivity contribution in [1.82, 2.24) is 4.90 Å². The van der Waals surface area contributed by atoms with Gasteiger partial charge in [0.2, 0.25) is 0 Å². The Morgan fingerprint density at radius 3 is 2.80 bits per heavy atom. The van der Waals surface area contributed by atoms with Crippen LogP contribution in [0, 0.1) is 6.92 Å². The number of aliphatic carboxylic acids is 1. The molecule has 1 atom stereocenters. The van der Waals surface area contributed by atoms with Crippen molar-refractivity contribution < 1.29 is 14.3 Å². The fourth-order valence-corrected chi connectivity index (χ4v) is 1.42. The van der Waals surface area contributed by atoms with Crippen molar-refractivity contribution in [3.63, 3.8) is 0 Å². The molecule has 0 saturated heterocycles. The highest BCUT2D eigenvalue weighted by atomic mass is 16.4. The van der Waals surface area contributed by atoms with Crippen LogP contribution in [0.25, 0.3) is 0 Å². The Labute approximate surface area is 88.5 Å². The first-order valence-electron chi connectivity index (χ1n) is 4.72. The number of hydrogen-bond acceptors (Lipinski definition) is 4. The lowest BCUT2D eigenvalue weighted by Gasteiger charge is -2.22. The predicted octanol–water partition coefficient (Wildman–Crippen LogP) is 0.432. The van der Waals surface area contributed by atoms with Gasteiger partial charge in [0.05, 0.1) is 6.26 Å². The van der Waals surface area contributed by atoms with Crippen molar-refractivity contribution in [3.8, 4) is 0 Å². The van der Waals surface area contributed by atoms with Gasteiger partial charge >= 0.3 is 5.97 Å². The maximum absolute atomic E-state index is 10.8. The molecule has 1 rings (SSSR count). The summed E-state index contributed by atoms with van der Waals surface area (Å²) >= 11 is 0. The Morgan fingerprint density at radius 2 is 2.40 bits per heavy atom. The molecule has 0 saturated carbocycles. The number of carboxylic acid groups (broad SMARTS) is 1. The average Bonchev–Trinajstić information content (AvgIpc) is 2.52. The first-order chi connectivity index (χ1) is 7.06. The average molecular weight is 212 g/mol. The largest absolute Gasteiger partial charge is 0.480 e. The molecule has 1 aromatic heterocycles. The summed E-state index contributed by atoms with van der Waals surface area (Å²) in [6.07, 6.45) is 1.59. The van der Waals surface area contributed by atoms with Crippen LogP contribution >= 0.6 is 0 Å². The van der Waals surface area contributed by atoms with E-state index < -0.39 is 12.0 Å². The summed E-state index contributed by atoms with van der Waals surface area (Å²) in [6.45, 7) is 2.47. The van der Waals surface area contributed by atoms with Gasteiger partial charge in [0.25, 0.3) is 0 Å². The molecule has 15 heavy (non-hydrogen) atoms. The van der Waals surface area contributed by atoms with E-state index in [1.54, 1.807) is 18.2 Å². The highest BCUT2D eigenvalue weighted by Crippen LogP contribution is 2.12. The summed E-state index contributed by atoms with van der Waals surface area (Å²) in [6, 6.07) is 1.18. The molecular formula is C10H16N2O3. The van der Waals surface area contributed by atoms with E-state index in [2.05, 4.69) is 0 Å². The van der Waals surface area contributed by atoms with Gasteiger partial charge in [-0.2, -0.15) is 0 Å². The Bertz CT molecular complexity index is 335. The minimum absolute atomic E-state index is 0.0999. The monoisotopic (exact) mass is 212 g/mol. The van der Waals surface area contributed by atoms with E-state index in [0.717, 1.165) is 11.3 Å². The molecule has 0 aliphatic heterocycles. The molecule has 1 heterocycles. The van der Waals surface area contributed by atoms with Crippen molar-refractivity contribution in [2.75, 3.05) is 13.6 Å². The van der Waals surface area contributed by atoms with Crippen molar-refractivity contribution in [2.45, 2.75) is 19.5 Å². The second kappa shape index (κ2) is 4.95. The Kier molecular flexibility index (Phi) is 3.88. The maximum Gasteiger partial charge on any atom is 0.322 e. The molecule has 1 aromatic rings. The second-order valence-corrected chi connectivity index (χ2v) is 3.51. The van der Waals surface area contributed by atoms with Gasteiger partial charge in [0.15, 0.2) is 0 Å². The van der Waals surface area contributed by atoms with Crippen molar-refractivity contribution in [2.24, 2.45) is 5.73 Å². The van der Waals surface area contributed by atoms with E-state index >= 15 is 0 Å². The minimum atomic E-state index is -0.902. The first kappa shape index (κ1) is 11.7. The fourth-order valence-electron chi connectivity index (χ4n) is 1.42. The van der Waals surface area contributed by atoms with Gasteiger partial charge in [-0.15, -0.1) is 0 Å². The summed E-state index contributed by atoms with van der Waals surface area (Å²) in [4.78, 5) is 12.5. The molecule has 0 fully saturated rings. The molecule has 3 N–H and O–H groups in total. The normalized spacial score (nSPS) is 13.1. The second-order valence-electron chi connectivity index (χ2n) is 3.51. The number of hydrogen-bond donors (Lipinski definition) is 2. The van der Waals surface area contributed by atoms with E-state index in [0.29, 0.717) is 6.54 Å². The summed E-state index contributed by atoms with van der Waals surface area (Å²) in [5, 5.41) is 8.90. The number of rotatable bonds is 5. The third kappa shape index (κ3) is 2.81. The van der Waals surface area contributed by atoms with Crippen LogP contribution in [0.3, 0.4) is 0 Å². The quantitative estimate of drug-likeness (QED) is 0.740. The number of furan rings is 1. The van der Waals surface area contributed by atoms with Crippen LogP contribution in [0.5, 0.6) is 0 Å². The van der Waals surface area contributed by atoms with Crippen molar-refractivity contribution in [1.29, 1.82) is 0 Å². The summed E-state index contributed by atoms with van der Waals surface area (Å²) in [5.74, 6) is -0.0934. The lowest BCUT2D eigenvalue weighted by Crippen LogP contribution is -2.43. The van der Waals surface area contributed by atoms with Gasteiger partial charge in [0.1, 0.15) is 11.8 Å². The number of nitrogens with two attached hydrogens (primary N) is 1. The van der Waals surface area contributed by atoms with Gasteiger partial charge in [-0.25, -0.2) is 0 Å². The molecule has 0 aliphatic rings. The van der Waals surface area contributed by atoms with E-state index in [9.17, 15) is 4.79 Å². The van der Waals surface area contributed by atoms with E-state index in [-0.39, 0.29) is 6.54 Å². The van der Waals surface area contributed by atoms with Gasteiger partial charge in [0, 0.05) is 18.7 Å². The Balaban J connectivity index is 2.66. The fraction of sp³-hybridized carbons (Fsp3) is 0.500. The molecule has 0 aromatic carbocycles. The van der Waals surface area contributed by atoms with Gasteiger partial charge in [-0.05, 0) is 20.0 Å². The third-order valence-corrected chi connectivity index (χ3v) is 2.43. The zero-order valence-electron chi connectivity index (χ0n) is 8.93. The predicted molar refractivity (Wildman–Crippen MR) is 55.4 cm³/mol. The SMILES string of the molecule is Cc1occc1CN(C)C(CN)C(=O)O. The van der Waals surface area contributed by atoms with Crippen LogP contribution in [-0.4, -0.2) is 35.6 Å². The highest BCUT2D eigenvalue weighted by Gasteiger charge is 2.21. The summed E-state index contributed by atoms with van der Waals surface area (Å²) in [5.41, 5.74) is 6.38. The Hall–Kier alpha value is -1.33. The van der Waals surface area contributed by atoms with Gasteiger partial charge < -0.3 is 15.3 Å². The van der Waals surface area contributed by atoms with Crippen molar-refractivity contribution >= 4 is 5.97 Å². The highest BCUT2D eigenvalue weighted by molar-refractivity contribution is 5.73. The van der Waals surface area contributed by atoms with Gasteiger partial charge in [-0.3, -0.25) is 9.69 Å². The van der Waals surface area contributed by atoms with E-state index in [1.807, 2.05) is 13.0 Å². The molecule has 84 valence electrons. The maximum atomic E-state index is 10.8. The molecule has 5 nitrogen and oxygen atoms in total. The van der Waals surface area contributed by atoms with Gasteiger partial charge in [-0.1, -0.05) is 0 Å². The molecule has 5 heteroatoms. The molecular weight excluding hydrogens is 196 g/mol. The number of nitrogens with zero attached hydrogens (tertiary/aromatic N) is 1. The molecule has 0 spiro atoms. The van der Waals surface area contributed by atoms with Crippen LogP contribution in [-0.2, 0) is 11.3 Å². The van der Waals surface area contributed by atoms with E-state index in [1.165, 1.54) is 0 Å². The number of carboxylic acids is 1. The zero-order chi connectivity index (χ0) is 11.4. The lowest BCUT2D eigenvalue weighted by atomic mass is 10.2. The first-order valence-corrected chi connectivity index (χ1v) is 4.72. The standard InChI is InChI=1S/C10H16N2O3/c1-7-8(3-4-15-7)6-12(2)9(5-11)10(13)14/h3-4,9H,5-6,11H2,1-2H3,(H,13,14). The topological polar surface area (TPSA) is 79.7 Å². The minimum Gasteiger partial charge on any atom is -0.480 e.